The van der Waals surface area contributed by atoms with Gasteiger partial charge in [0.15, 0.2) is 0 Å². The molecule has 136 valence electrons. The van der Waals surface area contributed by atoms with Gasteiger partial charge in [0, 0.05) is 6.04 Å². The molecule has 0 heterocycles. The van der Waals surface area contributed by atoms with Gasteiger partial charge in [-0.3, -0.25) is 9.59 Å². The molecule has 2 amide bonds. The maximum Gasteiger partial charge on any atom is 0.253 e. The van der Waals surface area contributed by atoms with E-state index in [1.54, 1.807) is 24.3 Å². The van der Waals surface area contributed by atoms with Crippen molar-refractivity contribution in [2.45, 2.75) is 39.2 Å². The van der Waals surface area contributed by atoms with Crippen LogP contribution in [0.5, 0.6) is 5.75 Å². The van der Waals surface area contributed by atoms with Gasteiger partial charge < -0.3 is 15.4 Å². The first-order valence-electron chi connectivity index (χ1n) is 8.93. The van der Waals surface area contributed by atoms with Gasteiger partial charge in [0.2, 0.25) is 5.91 Å². The summed E-state index contributed by atoms with van der Waals surface area (Å²) in [6.07, 6.45) is 2.26. The monoisotopic (exact) mass is 352 g/mol. The molecule has 5 nitrogen and oxygen atoms in total. The number of para-hydroxylation sites is 1. The van der Waals surface area contributed by atoms with Crippen LogP contribution in [0.1, 0.15) is 40.7 Å². The van der Waals surface area contributed by atoms with Crippen LogP contribution in [0, 0.1) is 13.8 Å². The molecular formula is C21H24N2O3. The normalized spacial score (nSPS) is 13.2. The average molecular weight is 352 g/mol. The third-order valence-corrected chi connectivity index (χ3v) is 4.28. The first-order valence-corrected chi connectivity index (χ1v) is 8.93. The highest BCUT2D eigenvalue weighted by atomic mass is 16.5. The summed E-state index contributed by atoms with van der Waals surface area (Å²) in [5.74, 6) is 0.462. The molecule has 0 atom stereocenters. The van der Waals surface area contributed by atoms with Crippen molar-refractivity contribution in [3.8, 4) is 5.75 Å². The summed E-state index contributed by atoms with van der Waals surface area (Å²) in [4.78, 5) is 24.5. The fourth-order valence-electron chi connectivity index (χ4n) is 2.71. The molecule has 0 aliphatic heterocycles. The van der Waals surface area contributed by atoms with Gasteiger partial charge in [-0.25, -0.2) is 0 Å². The minimum absolute atomic E-state index is 0.144. The Morgan fingerprint density at radius 2 is 1.88 bits per heavy atom. The Morgan fingerprint density at radius 3 is 2.62 bits per heavy atom. The molecule has 5 heteroatoms. The van der Waals surface area contributed by atoms with Gasteiger partial charge in [0.25, 0.3) is 5.91 Å². The maximum absolute atomic E-state index is 12.3. The SMILES string of the molecule is Cc1ccc(OCCC(=O)Nc2ccccc2C(=O)NC2CC2)c(C)c1. The Balaban J connectivity index is 1.54. The molecule has 1 fully saturated rings. The molecule has 0 unspecified atom stereocenters. The van der Waals surface area contributed by atoms with Gasteiger partial charge >= 0.3 is 0 Å². The molecule has 1 saturated carbocycles. The predicted octanol–water partition coefficient (Wildman–Crippen LogP) is 3.60. The number of carbonyl (C=O) groups excluding carboxylic acids is 2. The third-order valence-electron chi connectivity index (χ3n) is 4.28. The van der Waals surface area contributed by atoms with Crippen molar-refractivity contribution < 1.29 is 14.3 Å². The summed E-state index contributed by atoms with van der Waals surface area (Å²) >= 11 is 0. The van der Waals surface area contributed by atoms with E-state index in [0.29, 0.717) is 11.3 Å². The molecule has 2 aromatic carbocycles. The molecular weight excluding hydrogens is 328 g/mol. The van der Waals surface area contributed by atoms with Crippen LogP contribution >= 0.6 is 0 Å². The lowest BCUT2D eigenvalue weighted by atomic mass is 10.1. The number of carbonyl (C=O) groups is 2. The van der Waals surface area contributed by atoms with Crippen molar-refractivity contribution in [1.29, 1.82) is 0 Å². The zero-order chi connectivity index (χ0) is 18.5. The van der Waals surface area contributed by atoms with E-state index >= 15 is 0 Å². The van der Waals surface area contributed by atoms with Gasteiger partial charge in [-0.15, -0.1) is 0 Å². The van der Waals surface area contributed by atoms with Gasteiger partial charge in [-0.05, 0) is 50.5 Å². The van der Waals surface area contributed by atoms with Crippen LogP contribution < -0.4 is 15.4 Å². The van der Waals surface area contributed by atoms with Crippen molar-refractivity contribution >= 4 is 17.5 Å². The van der Waals surface area contributed by atoms with Crippen LogP contribution in [-0.2, 0) is 4.79 Å². The number of ether oxygens (including phenoxy) is 1. The van der Waals surface area contributed by atoms with Crippen LogP contribution in [0.4, 0.5) is 5.69 Å². The molecule has 3 rings (SSSR count). The second-order valence-electron chi connectivity index (χ2n) is 6.71. The van der Waals surface area contributed by atoms with Gasteiger partial charge in [0.1, 0.15) is 5.75 Å². The summed E-state index contributed by atoms with van der Waals surface area (Å²) in [6, 6.07) is 13.3. The summed E-state index contributed by atoms with van der Waals surface area (Å²) in [6.45, 7) is 4.30. The van der Waals surface area contributed by atoms with Crippen molar-refractivity contribution in [3.63, 3.8) is 0 Å². The number of amides is 2. The second-order valence-corrected chi connectivity index (χ2v) is 6.71. The zero-order valence-electron chi connectivity index (χ0n) is 15.2. The third kappa shape index (κ3) is 4.85. The van der Waals surface area contributed by atoms with Gasteiger partial charge in [-0.1, -0.05) is 29.8 Å². The molecule has 0 radical (unpaired) electrons. The maximum atomic E-state index is 12.3. The Hall–Kier alpha value is -2.82. The Morgan fingerprint density at radius 1 is 1.12 bits per heavy atom. The minimum atomic E-state index is -0.179. The first-order chi connectivity index (χ1) is 12.5. The number of hydrogen-bond donors (Lipinski definition) is 2. The highest BCUT2D eigenvalue weighted by Crippen LogP contribution is 2.22. The van der Waals surface area contributed by atoms with E-state index in [-0.39, 0.29) is 30.9 Å². The van der Waals surface area contributed by atoms with Crippen LogP contribution in [-0.4, -0.2) is 24.5 Å². The Labute approximate surface area is 153 Å². The number of aryl methyl sites for hydroxylation is 2. The standard InChI is InChI=1S/C21H24N2O3/c1-14-7-10-19(15(2)13-14)26-12-11-20(24)23-18-6-4-3-5-17(18)21(25)22-16-8-9-16/h3-7,10,13,16H,8-9,11-12H2,1-2H3,(H,22,25)(H,23,24). The fourth-order valence-corrected chi connectivity index (χ4v) is 2.71. The highest BCUT2D eigenvalue weighted by Gasteiger charge is 2.24. The highest BCUT2D eigenvalue weighted by molar-refractivity contribution is 6.03. The minimum Gasteiger partial charge on any atom is -0.493 e. The molecule has 2 N–H and O–H groups in total. The van der Waals surface area contributed by atoms with Crippen LogP contribution in [0.3, 0.4) is 0 Å². The molecule has 2 aromatic rings. The smallest absolute Gasteiger partial charge is 0.253 e. The largest absolute Gasteiger partial charge is 0.493 e. The first kappa shape index (κ1) is 18.0. The number of anilines is 1. The van der Waals surface area contributed by atoms with Crippen LogP contribution in [0.2, 0.25) is 0 Å². The number of benzene rings is 2. The molecule has 1 aliphatic carbocycles. The average Bonchev–Trinajstić information content (AvgIpc) is 3.41. The topological polar surface area (TPSA) is 67.4 Å². The molecule has 0 spiro atoms. The second kappa shape index (κ2) is 8.04. The number of hydrogen-bond acceptors (Lipinski definition) is 3. The zero-order valence-corrected chi connectivity index (χ0v) is 15.2. The molecule has 1 aliphatic rings. The Bertz CT molecular complexity index is 813. The fraction of sp³-hybridized carbons (Fsp3) is 0.333. The van der Waals surface area contributed by atoms with E-state index < -0.39 is 0 Å². The summed E-state index contributed by atoms with van der Waals surface area (Å²) in [7, 11) is 0. The molecule has 0 aromatic heterocycles. The van der Waals surface area contributed by atoms with Crippen molar-refractivity contribution in [2.24, 2.45) is 0 Å². The van der Waals surface area contributed by atoms with Crippen molar-refractivity contribution in [1.82, 2.24) is 5.32 Å². The molecule has 0 saturated heterocycles. The molecule has 0 bridgehead atoms. The number of rotatable bonds is 7. The molecule has 26 heavy (non-hydrogen) atoms. The predicted molar refractivity (Wildman–Crippen MR) is 102 cm³/mol. The quantitative estimate of drug-likeness (QED) is 0.800. The number of nitrogens with one attached hydrogen (secondary N) is 2. The summed E-state index contributed by atoms with van der Waals surface area (Å²) < 4.78 is 5.70. The van der Waals surface area contributed by atoms with E-state index in [1.165, 1.54) is 5.56 Å². The Kier molecular flexibility index (Phi) is 5.56. The van der Waals surface area contributed by atoms with Gasteiger partial charge in [-0.2, -0.15) is 0 Å². The van der Waals surface area contributed by atoms with E-state index in [9.17, 15) is 9.59 Å². The lowest BCUT2D eigenvalue weighted by Crippen LogP contribution is -2.27. The van der Waals surface area contributed by atoms with Crippen LogP contribution in [0.25, 0.3) is 0 Å². The summed E-state index contributed by atoms with van der Waals surface area (Å²) in [5, 5.41) is 5.76. The summed E-state index contributed by atoms with van der Waals surface area (Å²) in [5.41, 5.74) is 3.24. The lowest BCUT2D eigenvalue weighted by Gasteiger charge is -2.12. The van der Waals surface area contributed by atoms with Gasteiger partial charge in [0.05, 0.1) is 24.3 Å². The van der Waals surface area contributed by atoms with E-state index in [1.807, 2.05) is 32.0 Å². The van der Waals surface area contributed by atoms with E-state index in [0.717, 1.165) is 24.2 Å². The van der Waals surface area contributed by atoms with E-state index in [2.05, 4.69) is 10.6 Å². The lowest BCUT2D eigenvalue weighted by molar-refractivity contribution is -0.116. The van der Waals surface area contributed by atoms with Crippen LogP contribution in [0.15, 0.2) is 42.5 Å². The van der Waals surface area contributed by atoms with E-state index in [4.69, 9.17) is 4.74 Å². The van der Waals surface area contributed by atoms with Crippen molar-refractivity contribution in [2.75, 3.05) is 11.9 Å². The van der Waals surface area contributed by atoms with Crippen molar-refractivity contribution in [3.05, 3.63) is 59.2 Å².